The lowest BCUT2D eigenvalue weighted by Gasteiger charge is -2.19. The van der Waals surface area contributed by atoms with Crippen LogP contribution >= 0.6 is 23.1 Å². The Hall–Kier alpha value is -1.28. The van der Waals surface area contributed by atoms with E-state index in [1.54, 1.807) is 0 Å². The molecule has 1 atom stereocenters. The zero-order chi connectivity index (χ0) is 14.0. The van der Waals surface area contributed by atoms with Crippen LogP contribution in [-0.4, -0.2) is 44.7 Å². The molecule has 104 valence electrons. The number of hydrogen-bond acceptors (Lipinski definition) is 5. The molecular weight excluding hydrogens is 286 g/mol. The molecule has 2 rings (SSSR count). The predicted molar refractivity (Wildman–Crippen MR) is 75.8 cm³/mol. The molecule has 0 unspecified atom stereocenters. The fourth-order valence-corrected chi connectivity index (χ4v) is 3.63. The number of thiazole rings is 1. The number of rotatable bonds is 3. The van der Waals surface area contributed by atoms with Crippen LogP contribution in [0.2, 0.25) is 0 Å². The molecule has 1 saturated heterocycles. The molecular formula is C11H15N3O3S2. The van der Waals surface area contributed by atoms with Crippen LogP contribution in [0.5, 0.6) is 0 Å². The Morgan fingerprint density at radius 1 is 1.58 bits per heavy atom. The number of anilines is 1. The van der Waals surface area contributed by atoms with Gasteiger partial charge >= 0.3 is 12.0 Å². The van der Waals surface area contributed by atoms with E-state index in [2.05, 4.69) is 10.3 Å². The Bertz CT molecular complexity index is 489. The summed E-state index contributed by atoms with van der Waals surface area (Å²) in [5.41, 5.74) is 0.922. The number of carboxylic acid groups (broad SMARTS) is 1. The summed E-state index contributed by atoms with van der Waals surface area (Å²) >= 11 is 2.79. The zero-order valence-corrected chi connectivity index (χ0v) is 12.3. The summed E-state index contributed by atoms with van der Waals surface area (Å²) in [5.74, 6) is 0.154. The van der Waals surface area contributed by atoms with Crippen LogP contribution in [0.3, 0.4) is 0 Å². The Labute approximate surface area is 119 Å². The third-order valence-electron chi connectivity index (χ3n) is 2.76. The Balaban J connectivity index is 2.02. The highest BCUT2D eigenvalue weighted by Gasteiger charge is 2.34. The van der Waals surface area contributed by atoms with Gasteiger partial charge in [0.05, 0.1) is 11.6 Å². The van der Waals surface area contributed by atoms with Gasteiger partial charge in [-0.3, -0.25) is 5.32 Å². The topological polar surface area (TPSA) is 82.5 Å². The second-order valence-electron chi connectivity index (χ2n) is 4.49. The molecule has 19 heavy (non-hydrogen) atoms. The second kappa shape index (κ2) is 5.79. The first kappa shape index (κ1) is 14.1. The minimum atomic E-state index is -0.970. The van der Waals surface area contributed by atoms with Crippen molar-refractivity contribution in [2.24, 2.45) is 0 Å². The van der Waals surface area contributed by atoms with Gasteiger partial charge < -0.3 is 10.0 Å². The molecule has 1 aliphatic heterocycles. The van der Waals surface area contributed by atoms with Gasteiger partial charge in [0.15, 0.2) is 5.13 Å². The van der Waals surface area contributed by atoms with Crippen LogP contribution in [0, 0.1) is 0 Å². The predicted octanol–water partition coefficient (Wildman–Crippen LogP) is 2.26. The second-order valence-corrected chi connectivity index (χ2v) is 6.34. The fraction of sp³-hybridized carbons (Fsp3) is 0.545. The Morgan fingerprint density at radius 2 is 2.32 bits per heavy atom. The van der Waals surface area contributed by atoms with Crippen LogP contribution in [0.15, 0.2) is 5.38 Å². The summed E-state index contributed by atoms with van der Waals surface area (Å²) in [4.78, 5) is 28.6. The van der Waals surface area contributed by atoms with E-state index in [1.165, 1.54) is 28.0 Å². The van der Waals surface area contributed by atoms with Gasteiger partial charge in [0.25, 0.3) is 0 Å². The number of amides is 2. The number of aliphatic carboxylic acids is 1. The molecule has 2 amide bonds. The molecule has 0 bridgehead atoms. The fourth-order valence-electron chi connectivity index (χ4n) is 1.62. The van der Waals surface area contributed by atoms with Crippen molar-refractivity contribution in [3.05, 3.63) is 11.1 Å². The summed E-state index contributed by atoms with van der Waals surface area (Å²) in [7, 11) is 0. The van der Waals surface area contributed by atoms with Gasteiger partial charge in [-0.2, -0.15) is 0 Å². The molecule has 1 aliphatic rings. The summed E-state index contributed by atoms with van der Waals surface area (Å²) in [5, 5.41) is 14.1. The molecule has 0 aromatic carbocycles. The van der Waals surface area contributed by atoms with Gasteiger partial charge in [0.2, 0.25) is 0 Å². The Morgan fingerprint density at radius 3 is 2.89 bits per heavy atom. The largest absolute Gasteiger partial charge is 0.480 e. The number of carbonyl (C=O) groups excluding carboxylic acids is 1. The number of urea groups is 1. The van der Waals surface area contributed by atoms with Crippen molar-refractivity contribution >= 4 is 40.2 Å². The monoisotopic (exact) mass is 301 g/mol. The summed E-state index contributed by atoms with van der Waals surface area (Å²) in [6, 6.07) is -1.16. The lowest BCUT2D eigenvalue weighted by Crippen LogP contribution is -2.43. The highest BCUT2D eigenvalue weighted by Crippen LogP contribution is 2.24. The van der Waals surface area contributed by atoms with Crippen molar-refractivity contribution in [3.8, 4) is 0 Å². The SMILES string of the molecule is CC(C)c1csc(NC(=O)N2CSC[C@@H]2C(=O)O)n1. The summed E-state index contributed by atoms with van der Waals surface area (Å²) in [6.45, 7) is 4.05. The maximum absolute atomic E-state index is 12.0. The number of carbonyl (C=O) groups is 2. The van der Waals surface area contributed by atoms with Crippen LogP contribution in [-0.2, 0) is 4.79 Å². The van der Waals surface area contributed by atoms with Crippen LogP contribution < -0.4 is 5.32 Å². The highest BCUT2D eigenvalue weighted by atomic mass is 32.2. The van der Waals surface area contributed by atoms with E-state index in [-0.39, 0.29) is 0 Å². The van der Waals surface area contributed by atoms with Gasteiger partial charge in [-0.1, -0.05) is 13.8 Å². The van der Waals surface area contributed by atoms with E-state index >= 15 is 0 Å². The molecule has 0 spiro atoms. The van der Waals surface area contributed by atoms with Gasteiger partial charge in [-0.25, -0.2) is 14.6 Å². The van der Waals surface area contributed by atoms with Crippen molar-refractivity contribution in [3.63, 3.8) is 0 Å². The maximum atomic E-state index is 12.0. The minimum absolute atomic E-state index is 0.302. The first-order valence-corrected chi connectivity index (χ1v) is 7.86. The van der Waals surface area contributed by atoms with Gasteiger partial charge in [0, 0.05) is 11.1 Å². The molecule has 2 N–H and O–H groups in total. The average Bonchev–Trinajstić information content (AvgIpc) is 2.96. The molecule has 0 aliphatic carbocycles. The molecule has 2 heterocycles. The minimum Gasteiger partial charge on any atom is -0.480 e. The van der Waals surface area contributed by atoms with E-state index in [4.69, 9.17) is 5.11 Å². The smallest absolute Gasteiger partial charge is 0.327 e. The molecule has 1 aromatic heterocycles. The first-order chi connectivity index (χ1) is 8.99. The molecule has 1 fully saturated rings. The van der Waals surface area contributed by atoms with Crippen LogP contribution in [0.4, 0.5) is 9.93 Å². The zero-order valence-electron chi connectivity index (χ0n) is 10.6. The first-order valence-electron chi connectivity index (χ1n) is 5.82. The number of aromatic nitrogens is 1. The standard InChI is InChI=1S/C11H15N3O3S2/c1-6(2)7-3-19-10(12-7)13-11(17)14-5-18-4-8(14)9(15)16/h3,6,8H,4-5H2,1-2H3,(H,15,16)(H,12,13,17)/t8-/m1/s1. The third kappa shape index (κ3) is 3.19. The van der Waals surface area contributed by atoms with E-state index in [0.717, 1.165) is 5.69 Å². The quantitative estimate of drug-likeness (QED) is 0.895. The van der Waals surface area contributed by atoms with Crippen molar-refractivity contribution in [2.45, 2.75) is 25.8 Å². The molecule has 6 nitrogen and oxygen atoms in total. The van der Waals surface area contributed by atoms with Crippen molar-refractivity contribution in [1.82, 2.24) is 9.88 Å². The van der Waals surface area contributed by atoms with E-state index in [0.29, 0.717) is 22.7 Å². The third-order valence-corrected chi connectivity index (χ3v) is 4.54. The van der Waals surface area contributed by atoms with E-state index in [1.807, 2.05) is 19.2 Å². The highest BCUT2D eigenvalue weighted by molar-refractivity contribution is 7.99. The van der Waals surface area contributed by atoms with Crippen molar-refractivity contribution in [1.29, 1.82) is 0 Å². The number of carboxylic acids is 1. The number of hydrogen-bond donors (Lipinski definition) is 2. The molecule has 8 heteroatoms. The van der Waals surface area contributed by atoms with Crippen molar-refractivity contribution in [2.75, 3.05) is 16.9 Å². The normalized spacial score (nSPS) is 18.9. The van der Waals surface area contributed by atoms with Gasteiger partial charge in [-0.15, -0.1) is 23.1 Å². The van der Waals surface area contributed by atoms with Crippen LogP contribution in [0.25, 0.3) is 0 Å². The number of nitrogens with zero attached hydrogens (tertiary/aromatic N) is 2. The summed E-state index contributed by atoms with van der Waals surface area (Å²) < 4.78 is 0. The van der Waals surface area contributed by atoms with Gasteiger partial charge in [-0.05, 0) is 5.92 Å². The van der Waals surface area contributed by atoms with E-state index < -0.39 is 18.0 Å². The maximum Gasteiger partial charge on any atom is 0.327 e. The lowest BCUT2D eigenvalue weighted by molar-refractivity contribution is -0.140. The number of nitrogens with one attached hydrogen (secondary N) is 1. The molecule has 0 saturated carbocycles. The average molecular weight is 301 g/mol. The molecule has 1 aromatic rings. The van der Waals surface area contributed by atoms with Crippen molar-refractivity contribution < 1.29 is 14.7 Å². The summed E-state index contributed by atoms with van der Waals surface area (Å²) in [6.07, 6.45) is 0. The van der Waals surface area contributed by atoms with E-state index in [9.17, 15) is 9.59 Å². The Kier molecular flexibility index (Phi) is 4.31. The molecule has 0 radical (unpaired) electrons. The van der Waals surface area contributed by atoms with Crippen LogP contribution in [0.1, 0.15) is 25.5 Å². The lowest BCUT2D eigenvalue weighted by atomic mass is 10.2. The van der Waals surface area contributed by atoms with Gasteiger partial charge in [0.1, 0.15) is 6.04 Å². The number of thioether (sulfide) groups is 1.